The van der Waals surface area contributed by atoms with Crippen molar-refractivity contribution in [2.24, 2.45) is 0 Å². The number of benzene rings is 1. The van der Waals surface area contributed by atoms with Gasteiger partial charge < -0.3 is 0 Å². The van der Waals surface area contributed by atoms with Gasteiger partial charge in [0.2, 0.25) is 0 Å². The summed E-state index contributed by atoms with van der Waals surface area (Å²) in [6, 6.07) is 10.3. The zero-order valence-electron chi connectivity index (χ0n) is 13.3. The number of nitrogens with zero attached hydrogens (tertiary/aromatic N) is 3. The van der Waals surface area contributed by atoms with E-state index in [9.17, 15) is 0 Å². The maximum absolute atomic E-state index is 4.58. The van der Waals surface area contributed by atoms with Crippen LogP contribution < -0.4 is 0 Å². The largest absolute Gasteiger partial charge is 0.299 e. The number of aryl methyl sites for hydroxylation is 1. The number of hydrogen-bond acceptors (Lipinski definition) is 2. The van der Waals surface area contributed by atoms with Gasteiger partial charge in [-0.1, -0.05) is 51.1 Å². The molecule has 2 aromatic heterocycles. The summed E-state index contributed by atoms with van der Waals surface area (Å²) >= 11 is 0. The lowest BCUT2D eigenvalue weighted by molar-refractivity contribution is 0.828. The fourth-order valence-electron chi connectivity index (χ4n) is 2.77. The molecule has 0 bridgehead atoms. The molecule has 3 heteroatoms. The maximum atomic E-state index is 4.58. The van der Waals surface area contributed by atoms with E-state index < -0.39 is 0 Å². The van der Waals surface area contributed by atoms with Gasteiger partial charge in [-0.15, -0.1) is 0 Å². The minimum Gasteiger partial charge on any atom is -0.299 e. The molecule has 3 aromatic rings. The van der Waals surface area contributed by atoms with E-state index in [0.29, 0.717) is 5.92 Å². The van der Waals surface area contributed by atoms with Crippen molar-refractivity contribution in [3.63, 3.8) is 0 Å². The number of hydrogen-bond donors (Lipinski definition) is 0. The average Bonchev–Trinajstić information content (AvgIpc) is 3.04. The van der Waals surface area contributed by atoms with Crippen LogP contribution in [0.3, 0.4) is 0 Å². The number of aromatic nitrogens is 3. The van der Waals surface area contributed by atoms with E-state index in [1.807, 2.05) is 43.0 Å². The molecule has 0 unspecified atom stereocenters. The molecule has 112 valence electrons. The minimum atomic E-state index is 0.417. The summed E-state index contributed by atoms with van der Waals surface area (Å²) in [7, 11) is 0. The van der Waals surface area contributed by atoms with Gasteiger partial charge in [0.1, 0.15) is 5.82 Å². The summed E-state index contributed by atoms with van der Waals surface area (Å²) in [4.78, 5) is 9.00. The smallest absolute Gasteiger partial charge is 0.144 e. The van der Waals surface area contributed by atoms with Crippen molar-refractivity contribution in [1.29, 1.82) is 0 Å². The summed E-state index contributed by atoms with van der Waals surface area (Å²) in [5, 5.41) is 0. The molecule has 0 radical (unpaired) electrons. The van der Waals surface area contributed by atoms with Gasteiger partial charge in [0.05, 0.1) is 5.69 Å². The summed E-state index contributed by atoms with van der Waals surface area (Å²) < 4.78 is 2.20. The molecule has 0 aliphatic rings. The van der Waals surface area contributed by atoms with Crippen molar-refractivity contribution >= 4 is 0 Å². The molecule has 0 saturated carbocycles. The molecule has 0 saturated heterocycles. The van der Waals surface area contributed by atoms with E-state index in [2.05, 4.69) is 47.4 Å². The van der Waals surface area contributed by atoms with E-state index in [4.69, 9.17) is 0 Å². The molecule has 2 heterocycles. The van der Waals surface area contributed by atoms with Crippen LogP contribution in [0.2, 0.25) is 0 Å². The lowest BCUT2D eigenvalue weighted by Crippen LogP contribution is -2.07. The Morgan fingerprint density at radius 2 is 1.86 bits per heavy atom. The van der Waals surface area contributed by atoms with Crippen LogP contribution in [0.1, 0.15) is 37.8 Å². The van der Waals surface area contributed by atoms with Crippen LogP contribution in [0, 0.1) is 0 Å². The van der Waals surface area contributed by atoms with Crippen LogP contribution in [0.5, 0.6) is 0 Å². The number of rotatable bonds is 4. The summed E-state index contributed by atoms with van der Waals surface area (Å²) in [5.74, 6) is 1.39. The standard InChI is InChI=1S/C19H21N3/c1-4-15-12-20-13-17(14(2)3)18(15)22-11-10-21-19(22)16-8-6-5-7-9-16/h5-14H,4H2,1-3H3. The highest BCUT2D eigenvalue weighted by Crippen LogP contribution is 2.29. The van der Waals surface area contributed by atoms with Crippen LogP contribution in [0.25, 0.3) is 17.1 Å². The van der Waals surface area contributed by atoms with Gasteiger partial charge in [0, 0.05) is 30.4 Å². The SMILES string of the molecule is CCc1cncc(C(C)C)c1-n1ccnc1-c1ccccc1. The first kappa shape index (κ1) is 14.5. The lowest BCUT2D eigenvalue weighted by Gasteiger charge is -2.18. The quantitative estimate of drug-likeness (QED) is 0.702. The fraction of sp³-hybridized carbons (Fsp3) is 0.263. The molecule has 3 rings (SSSR count). The molecule has 0 aliphatic heterocycles. The third-order valence-corrected chi connectivity index (χ3v) is 3.94. The van der Waals surface area contributed by atoms with Gasteiger partial charge in [-0.05, 0) is 23.5 Å². The van der Waals surface area contributed by atoms with Gasteiger partial charge in [-0.25, -0.2) is 4.98 Å². The van der Waals surface area contributed by atoms with Gasteiger partial charge in [-0.2, -0.15) is 0 Å². The fourth-order valence-corrected chi connectivity index (χ4v) is 2.77. The molecular weight excluding hydrogens is 270 g/mol. The summed E-state index contributed by atoms with van der Waals surface area (Å²) in [6.45, 7) is 6.59. The predicted molar refractivity (Wildman–Crippen MR) is 90.3 cm³/mol. The normalized spacial score (nSPS) is 11.1. The molecule has 0 N–H and O–H groups in total. The highest BCUT2D eigenvalue weighted by Gasteiger charge is 2.16. The van der Waals surface area contributed by atoms with Crippen molar-refractivity contribution in [3.05, 3.63) is 66.2 Å². The Hall–Kier alpha value is -2.42. The van der Waals surface area contributed by atoms with E-state index in [1.165, 1.54) is 16.8 Å². The van der Waals surface area contributed by atoms with Crippen LogP contribution in [-0.2, 0) is 6.42 Å². The molecular formula is C19H21N3. The summed E-state index contributed by atoms with van der Waals surface area (Å²) in [5.41, 5.74) is 4.86. The molecule has 3 nitrogen and oxygen atoms in total. The van der Waals surface area contributed by atoms with Gasteiger partial charge in [0.25, 0.3) is 0 Å². The summed E-state index contributed by atoms with van der Waals surface area (Å²) in [6.07, 6.45) is 8.81. The van der Waals surface area contributed by atoms with Crippen LogP contribution in [0.15, 0.2) is 55.1 Å². The zero-order chi connectivity index (χ0) is 15.5. The molecule has 1 aromatic carbocycles. The third kappa shape index (κ3) is 2.54. The Labute approximate surface area is 131 Å². The average molecular weight is 291 g/mol. The first-order valence-corrected chi connectivity index (χ1v) is 7.78. The van der Waals surface area contributed by atoms with E-state index in [1.54, 1.807) is 0 Å². The Bertz CT molecular complexity index is 757. The molecule has 22 heavy (non-hydrogen) atoms. The third-order valence-electron chi connectivity index (χ3n) is 3.94. The van der Waals surface area contributed by atoms with Crippen molar-refractivity contribution in [2.75, 3.05) is 0 Å². The Morgan fingerprint density at radius 1 is 1.09 bits per heavy atom. The van der Waals surface area contributed by atoms with Crippen molar-refractivity contribution < 1.29 is 0 Å². The number of pyridine rings is 1. The van der Waals surface area contributed by atoms with Gasteiger partial charge >= 0.3 is 0 Å². The van der Waals surface area contributed by atoms with Gasteiger partial charge in [0.15, 0.2) is 0 Å². The minimum absolute atomic E-state index is 0.417. The second-order valence-electron chi connectivity index (χ2n) is 5.73. The van der Waals surface area contributed by atoms with E-state index in [-0.39, 0.29) is 0 Å². The molecule has 0 spiro atoms. The highest BCUT2D eigenvalue weighted by atomic mass is 15.1. The van der Waals surface area contributed by atoms with Crippen LogP contribution in [-0.4, -0.2) is 14.5 Å². The number of imidazole rings is 1. The molecule has 0 fully saturated rings. The first-order chi connectivity index (χ1) is 10.7. The Balaban J connectivity index is 2.24. The van der Waals surface area contributed by atoms with Crippen LogP contribution in [0.4, 0.5) is 0 Å². The second-order valence-corrected chi connectivity index (χ2v) is 5.73. The van der Waals surface area contributed by atoms with Crippen LogP contribution >= 0.6 is 0 Å². The van der Waals surface area contributed by atoms with Gasteiger partial charge in [-0.3, -0.25) is 9.55 Å². The molecule has 0 aliphatic carbocycles. The van der Waals surface area contributed by atoms with Crippen molar-refractivity contribution in [3.8, 4) is 17.1 Å². The monoisotopic (exact) mass is 291 g/mol. The topological polar surface area (TPSA) is 30.7 Å². The second kappa shape index (κ2) is 6.14. The Kier molecular flexibility index (Phi) is 4.05. The highest BCUT2D eigenvalue weighted by molar-refractivity contribution is 5.61. The molecule has 0 atom stereocenters. The zero-order valence-corrected chi connectivity index (χ0v) is 13.3. The lowest BCUT2D eigenvalue weighted by atomic mass is 9.99. The maximum Gasteiger partial charge on any atom is 0.144 e. The molecule has 0 amide bonds. The van der Waals surface area contributed by atoms with Crippen molar-refractivity contribution in [2.45, 2.75) is 33.1 Å². The Morgan fingerprint density at radius 3 is 2.55 bits per heavy atom. The van der Waals surface area contributed by atoms with Crippen molar-refractivity contribution in [1.82, 2.24) is 14.5 Å². The van der Waals surface area contributed by atoms with E-state index >= 15 is 0 Å². The first-order valence-electron chi connectivity index (χ1n) is 7.78. The van der Waals surface area contributed by atoms with E-state index in [0.717, 1.165) is 17.8 Å². The predicted octanol–water partition coefficient (Wildman–Crippen LogP) is 4.62.